The first-order valence-corrected chi connectivity index (χ1v) is 9.65. The Morgan fingerprint density at radius 1 is 1.38 bits per heavy atom. The SMILES string of the molecule is CN=C(NCc1ccc(SC)cc1)NC1CCN(C(=O)C(C)C)C1. The third kappa shape index (κ3) is 5.16. The second-order valence-electron chi connectivity index (χ2n) is 6.34. The number of guanidine groups is 1. The Balaban J connectivity index is 1.81. The summed E-state index contributed by atoms with van der Waals surface area (Å²) in [6.07, 6.45) is 3.04. The minimum absolute atomic E-state index is 0.0606. The summed E-state index contributed by atoms with van der Waals surface area (Å²) in [6.45, 7) is 6.20. The second kappa shape index (κ2) is 8.97. The molecule has 2 rings (SSSR count). The number of benzene rings is 1. The van der Waals surface area contributed by atoms with Crippen LogP contribution >= 0.6 is 11.8 Å². The fourth-order valence-electron chi connectivity index (χ4n) is 2.76. The van der Waals surface area contributed by atoms with Crippen LogP contribution in [0, 0.1) is 5.92 Å². The van der Waals surface area contributed by atoms with Crippen LogP contribution in [0.2, 0.25) is 0 Å². The van der Waals surface area contributed by atoms with Crippen molar-refractivity contribution in [1.82, 2.24) is 15.5 Å². The molecule has 1 atom stereocenters. The number of rotatable bonds is 5. The molecule has 0 radical (unpaired) electrons. The van der Waals surface area contributed by atoms with Crippen molar-refractivity contribution in [2.75, 3.05) is 26.4 Å². The first kappa shape index (κ1) is 18.6. The van der Waals surface area contributed by atoms with Crippen LogP contribution in [0.5, 0.6) is 0 Å². The van der Waals surface area contributed by atoms with Gasteiger partial charge in [-0.1, -0.05) is 26.0 Å². The molecule has 1 aliphatic heterocycles. The largest absolute Gasteiger partial charge is 0.352 e. The fraction of sp³-hybridized carbons (Fsp3) is 0.556. The molecule has 1 aromatic carbocycles. The molecule has 0 bridgehead atoms. The lowest BCUT2D eigenvalue weighted by Gasteiger charge is -2.20. The van der Waals surface area contributed by atoms with Gasteiger partial charge in [0.05, 0.1) is 0 Å². The lowest BCUT2D eigenvalue weighted by Crippen LogP contribution is -2.45. The number of amides is 1. The molecular weight excluding hydrogens is 320 g/mol. The zero-order valence-electron chi connectivity index (χ0n) is 15.0. The van der Waals surface area contributed by atoms with Crippen molar-refractivity contribution in [3.05, 3.63) is 29.8 Å². The average Bonchev–Trinajstić information content (AvgIpc) is 3.06. The lowest BCUT2D eigenvalue weighted by atomic mass is 10.2. The highest BCUT2D eigenvalue weighted by atomic mass is 32.2. The second-order valence-corrected chi connectivity index (χ2v) is 7.22. The van der Waals surface area contributed by atoms with Crippen molar-refractivity contribution >= 4 is 23.6 Å². The molecule has 1 heterocycles. The first-order chi connectivity index (χ1) is 11.5. The molecule has 0 aromatic heterocycles. The highest BCUT2D eigenvalue weighted by Gasteiger charge is 2.27. The van der Waals surface area contributed by atoms with Gasteiger partial charge in [0.1, 0.15) is 0 Å². The standard InChI is InChI=1S/C18H28N4OS/c1-13(2)17(23)22-10-9-15(12-22)21-18(19-3)20-11-14-5-7-16(24-4)8-6-14/h5-8,13,15H,9-12H2,1-4H3,(H2,19,20,21). The predicted octanol–water partition coefficient (Wildman–Crippen LogP) is 2.33. The molecule has 1 unspecified atom stereocenters. The van der Waals surface area contributed by atoms with Gasteiger partial charge in [-0.3, -0.25) is 9.79 Å². The van der Waals surface area contributed by atoms with E-state index in [1.54, 1.807) is 18.8 Å². The van der Waals surface area contributed by atoms with E-state index in [1.165, 1.54) is 10.5 Å². The molecule has 1 aromatic rings. The van der Waals surface area contributed by atoms with Crippen LogP contribution in [0.3, 0.4) is 0 Å². The van der Waals surface area contributed by atoms with E-state index in [2.05, 4.69) is 46.1 Å². The van der Waals surface area contributed by atoms with Gasteiger partial charge in [-0.2, -0.15) is 0 Å². The molecule has 24 heavy (non-hydrogen) atoms. The molecular formula is C18H28N4OS. The number of carbonyl (C=O) groups excluding carboxylic acids is 1. The normalized spacial score (nSPS) is 18.1. The minimum atomic E-state index is 0.0606. The van der Waals surface area contributed by atoms with E-state index in [1.807, 2.05) is 18.7 Å². The topological polar surface area (TPSA) is 56.7 Å². The highest BCUT2D eigenvalue weighted by Crippen LogP contribution is 2.15. The molecule has 0 aliphatic carbocycles. The van der Waals surface area contributed by atoms with E-state index >= 15 is 0 Å². The molecule has 5 nitrogen and oxygen atoms in total. The molecule has 0 spiro atoms. The van der Waals surface area contributed by atoms with Crippen LogP contribution in [-0.2, 0) is 11.3 Å². The van der Waals surface area contributed by atoms with Crippen LogP contribution in [-0.4, -0.2) is 49.2 Å². The van der Waals surface area contributed by atoms with Crippen molar-refractivity contribution in [2.24, 2.45) is 10.9 Å². The fourth-order valence-corrected chi connectivity index (χ4v) is 3.17. The molecule has 1 saturated heterocycles. The van der Waals surface area contributed by atoms with E-state index in [0.29, 0.717) is 0 Å². The number of carbonyl (C=O) groups is 1. The van der Waals surface area contributed by atoms with Crippen molar-refractivity contribution < 1.29 is 4.79 Å². The number of hydrogen-bond acceptors (Lipinski definition) is 3. The van der Waals surface area contributed by atoms with Gasteiger partial charge in [-0.15, -0.1) is 11.8 Å². The Labute approximate surface area is 149 Å². The van der Waals surface area contributed by atoms with Gasteiger partial charge in [0.15, 0.2) is 5.96 Å². The number of aliphatic imine (C=N–C) groups is 1. The van der Waals surface area contributed by atoms with Gasteiger partial charge in [0, 0.05) is 43.5 Å². The van der Waals surface area contributed by atoms with Crippen LogP contribution in [0.1, 0.15) is 25.8 Å². The van der Waals surface area contributed by atoms with Crippen LogP contribution in [0.25, 0.3) is 0 Å². The summed E-state index contributed by atoms with van der Waals surface area (Å²) in [5.74, 6) is 1.08. The Hall–Kier alpha value is -1.69. The highest BCUT2D eigenvalue weighted by molar-refractivity contribution is 7.98. The molecule has 1 aliphatic rings. The maximum Gasteiger partial charge on any atom is 0.225 e. The van der Waals surface area contributed by atoms with E-state index in [9.17, 15) is 4.79 Å². The summed E-state index contributed by atoms with van der Waals surface area (Å²) in [5, 5.41) is 6.77. The average molecular weight is 349 g/mol. The summed E-state index contributed by atoms with van der Waals surface area (Å²) in [6, 6.07) is 8.78. The minimum Gasteiger partial charge on any atom is -0.352 e. The molecule has 2 N–H and O–H groups in total. The van der Waals surface area contributed by atoms with Crippen molar-refractivity contribution in [3.8, 4) is 0 Å². The Kier molecular flexibility index (Phi) is 6.97. The summed E-state index contributed by atoms with van der Waals surface area (Å²) >= 11 is 1.74. The first-order valence-electron chi connectivity index (χ1n) is 8.42. The monoisotopic (exact) mass is 348 g/mol. The van der Waals surface area contributed by atoms with Crippen LogP contribution in [0.15, 0.2) is 34.2 Å². The smallest absolute Gasteiger partial charge is 0.225 e. The quantitative estimate of drug-likeness (QED) is 0.487. The van der Waals surface area contributed by atoms with E-state index < -0.39 is 0 Å². The van der Waals surface area contributed by atoms with Gasteiger partial charge in [-0.25, -0.2) is 0 Å². The maximum absolute atomic E-state index is 12.1. The van der Waals surface area contributed by atoms with Crippen LogP contribution in [0.4, 0.5) is 0 Å². The zero-order valence-corrected chi connectivity index (χ0v) is 15.8. The maximum atomic E-state index is 12.1. The van der Waals surface area contributed by atoms with E-state index in [-0.39, 0.29) is 17.9 Å². The van der Waals surface area contributed by atoms with Gasteiger partial charge in [0.2, 0.25) is 5.91 Å². The molecule has 1 fully saturated rings. The third-order valence-electron chi connectivity index (χ3n) is 4.18. The molecule has 0 saturated carbocycles. The summed E-state index contributed by atoms with van der Waals surface area (Å²) in [5.41, 5.74) is 1.22. The number of thioether (sulfide) groups is 1. The number of nitrogens with one attached hydrogen (secondary N) is 2. The Bertz CT molecular complexity index is 571. The van der Waals surface area contributed by atoms with Gasteiger partial charge in [0.25, 0.3) is 0 Å². The number of likely N-dealkylation sites (tertiary alicyclic amines) is 1. The van der Waals surface area contributed by atoms with Crippen molar-refractivity contribution in [2.45, 2.75) is 37.8 Å². The van der Waals surface area contributed by atoms with Gasteiger partial charge >= 0.3 is 0 Å². The number of nitrogens with zero attached hydrogens (tertiary/aromatic N) is 2. The van der Waals surface area contributed by atoms with Crippen LogP contribution < -0.4 is 10.6 Å². The Morgan fingerprint density at radius 3 is 2.67 bits per heavy atom. The Morgan fingerprint density at radius 2 is 2.08 bits per heavy atom. The van der Waals surface area contributed by atoms with Gasteiger partial charge in [-0.05, 0) is 30.4 Å². The van der Waals surface area contributed by atoms with E-state index in [4.69, 9.17) is 0 Å². The summed E-state index contributed by atoms with van der Waals surface area (Å²) < 4.78 is 0. The van der Waals surface area contributed by atoms with Crippen molar-refractivity contribution in [3.63, 3.8) is 0 Å². The molecule has 6 heteroatoms. The van der Waals surface area contributed by atoms with E-state index in [0.717, 1.165) is 32.0 Å². The van der Waals surface area contributed by atoms with Gasteiger partial charge < -0.3 is 15.5 Å². The summed E-state index contributed by atoms with van der Waals surface area (Å²) in [4.78, 5) is 19.6. The predicted molar refractivity (Wildman–Crippen MR) is 101 cm³/mol. The zero-order chi connectivity index (χ0) is 17.5. The summed E-state index contributed by atoms with van der Waals surface area (Å²) in [7, 11) is 1.78. The molecule has 1 amide bonds. The van der Waals surface area contributed by atoms with Crippen molar-refractivity contribution in [1.29, 1.82) is 0 Å². The third-order valence-corrected chi connectivity index (χ3v) is 4.92. The lowest BCUT2D eigenvalue weighted by molar-refractivity contribution is -0.133. The molecule has 132 valence electrons. The number of hydrogen-bond donors (Lipinski definition) is 2.